The predicted octanol–water partition coefficient (Wildman–Crippen LogP) is 1.77. The molecule has 0 radical (unpaired) electrons. The van der Waals surface area contributed by atoms with Gasteiger partial charge in [0.15, 0.2) is 0 Å². The lowest BCUT2D eigenvalue weighted by molar-refractivity contribution is -0.142. The largest absolute Gasteiger partial charge is 0.481 e. The molecule has 0 aromatic carbocycles. The number of aliphatic hydroxyl groups excluding tert-OH is 1. The first-order valence-corrected chi connectivity index (χ1v) is 8.53. The number of carbonyl (C=O) groups excluding carboxylic acids is 1. The van der Waals surface area contributed by atoms with Crippen LogP contribution < -0.4 is 4.74 Å². The summed E-state index contributed by atoms with van der Waals surface area (Å²) in [6.07, 6.45) is 1.93. The van der Waals surface area contributed by atoms with Gasteiger partial charge in [-0.2, -0.15) is 0 Å². The quantitative estimate of drug-likeness (QED) is 0.862. The molecule has 0 saturated heterocycles. The van der Waals surface area contributed by atoms with Crippen molar-refractivity contribution in [3.63, 3.8) is 0 Å². The first-order chi connectivity index (χ1) is 12.0. The lowest BCUT2D eigenvalue weighted by Crippen LogP contribution is -2.42. The van der Waals surface area contributed by atoms with E-state index < -0.39 is 6.10 Å². The molecular weight excluding hydrogens is 320 g/mol. The van der Waals surface area contributed by atoms with E-state index in [-0.39, 0.29) is 11.8 Å². The topological polar surface area (TPSA) is 91.3 Å². The van der Waals surface area contributed by atoms with Crippen LogP contribution in [0, 0.1) is 5.92 Å². The van der Waals surface area contributed by atoms with Crippen LogP contribution in [0.3, 0.4) is 0 Å². The number of nitrogens with zero attached hydrogens (tertiary/aromatic N) is 3. The van der Waals surface area contributed by atoms with Crippen LogP contribution in [0.1, 0.15) is 31.7 Å². The average molecular weight is 344 g/mol. The number of amides is 1. The second kappa shape index (κ2) is 7.23. The summed E-state index contributed by atoms with van der Waals surface area (Å²) >= 11 is 0. The van der Waals surface area contributed by atoms with E-state index >= 15 is 0 Å². The Morgan fingerprint density at radius 1 is 1.44 bits per heavy atom. The fourth-order valence-electron chi connectivity index (χ4n) is 3.02. The predicted molar refractivity (Wildman–Crippen MR) is 93.0 cm³/mol. The van der Waals surface area contributed by atoms with Gasteiger partial charge in [-0.25, -0.2) is 9.97 Å². The van der Waals surface area contributed by atoms with Gasteiger partial charge in [-0.3, -0.25) is 4.79 Å². The maximum absolute atomic E-state index is 12.4. The smallest absolute Gasteiger partial charge is 0.251 e. The third kappa shape index (κ3) is 3.82. The number of pyridine rings is 1. The Morgan fingerprint density at radius 3 is 2.88 bits per heavy atom. The number of rotatable bonds is 5. The second-order valence-corrected chi connectivity index (χ2v) is 6.76. The number of H-pyrrole nitrogens is 1. The molecule has 0 bridgehead atoms. The molecular formula is C18H24N4O3. The van der Waals surface area contributed by atoms with Crippen molar-refractivity contribution in [3.8, 4) is 17.3 Å². The molecule has 0 saturated carbocycles. The van der Waals surface area contributed by atoms with Crippen LogP contribution in [0.25, 0.3) is 11.4 Å². The molecule has 1 amide bonds. The van der Waals surface area contributed by atoms with E-state index in [0.717, 1.165) is 22.8 Å². The van der Waals surface area contributed by atoms with E-state index in [9.17, 15) is 9.90 Å². The second-order valence-electron chi connectivity index (χ2n) is 6.76. The highest BCUT2D eigenvalue weighted by Crippen LogP contribution is 2.24. The molecule has 1 aliphatic heterocycles. The summed E-state index contributed by atoms with van der Waals surface area (Å²) in [5.74, 6) is 1.36. The zero-order chi connectivity index (χ0) is 18.0. The van der Waals surface area contributed by atoms with Crippen molar-refractivity contribution in [3.05, 3.63) is 29.7 Å². The van der Waals surface area contributed by atoms with E-state index in [2.05, 4.69) is 15.0 Å². The zero-order valence-electron chi connectivity index (χ0n) is 14.8. The van der Waals surface area contributed by atoms with Crippen molar-refractivity contribution in [2.24, 2.45) is 5.92 Å². The molecule has 134 valence electrons. The molecule has 2 aromatic rings. The highest BCUT2D eigenvalue weighted by atomic mass is 16.5. The first-order valence-electron chi connectivity index (χ1n) is 8.53. The fourth-order valence-corrected chi connectivity index (χ4v) is 3.02. The Hall–Kier alpha value is -2.41. The van der Waals surface area contributed by atoms with Crippen molar-refractivity contribution >= 4 is 5.91 Å². The molecule has 0 fully saturated rings. The van der Waals surface area contributed by atoms with Crippen LogP contribution in [0.4, 0.5) is 0 Å². The van der Waals surface area contributed by atoms with Crippen LogP contribution in [0.5, 0.6) is 5.88 Å². The van der Waals surface area contributed by atoms with Gasteiger partial charge in [0.05, 0.1) is 25.0 Å². The minimum absolute atomic E-state index is 0.207. The van der Waals surface area contributed by atoms with Crippen LogP contribution >= 0.6 is 0 Å². The molecule has 7 nitrogen and oxygen atoms in total. The van der Waals surface area contributed by atoms with Gasteiger partial charge in [-0.15, -0.1) is 0 Å². The number of hydrogen-bond acceptors (Lipinski definition) is 5. The number of hydrogen-bond donors (Lipinski definition) is 2. The normalized spacial score (nSPS) is 15.2. The number of aromatic nitrogens is 3. The van der Waals surface area contributed by atoms with Crippen molar-refractivity contribution in [2.45, 2.75) is 39.3 Å². The third-order valence-corrected chi connectivity index (χ3v) is 4.34. The molecule has 1 atom stereocenters. The minimum atomic E-state index is -0.935. The highest BCUT2D eigenvalue weighted by Gasteiger charge is 2.28. The van der Waals surface area contributed by atoms with Crippen molar-refractivity contribution in [2.75, 3.05) is 13.7 Å². The van der Waals surface area contributed by atoms with Gasteiger partial charge >= 0.3 is 0 Å². The van der Waals surface area contributed by atoms with Gasteiger partial charge in [0.25, 0.3) is 5.91 Å². The molecule has 3 rings (SSSR count). The number of methoxy groups -OCH3 is 1. The van der Waals surface area contributed by atoms with Crippen molar-refractivity contribution in [1.29, 1.82) is 0 Å². The molecule has 7 heteroatoms. The summed E-state index contributed by atoms with van der Waals surface area (Å²) in [6, 6.07) is 3.68. The first kappa shape index (κ1) is 17.4. The number of imidazole rings is 1. The summed E-state index contributed by atoms with van der Waals surface area (Å²) in [5.41, 5.74) is 2.75. The van der Waals surface area contributed by atoms with Gasteiger partial charge < -0.3 is 19.7 Å². The lowest BCUT2D eigenvalue weighted by atomic mass is 10.0. The Labute approximate surface area is 147 Å². The monoisotopic (exact) mass is 344 g/mol. The molecule has 1 aliphatic rings. The minimum Gasteiger partial charge on any atom is -0.481 e. The van der Waals surface area contributed by atoms with E-state index in [1.165, 1.54) is 0 Å². The standard InChI is InChI=1S/C18H24N4O3/c1-11(2)8-15(23)18(24)22-7-6-13-14(10-22)21-17(20-13)12-4-5-16(25-3)19-9-12/h4-5,9,11,15,23H,6-8,10H2,1-3H3,(H,20,21)/t15-/m1/s1. The Balaban J connectivity index is 1.73. The van der Waals surface area contributed by atoms with E-state index in [1.807, 2.05) is 19.9 Å². The summed E-state index contributed by atoms with van der Waals surface area (Å²) in [5, 5.41) is 10.1. The Bertz CT molecular complexity index is 739. The van der Waals surface area contributed by atoms with E-state index in [0.29, 0.717) is 31.8 Å². The number of nitrogens with one attached hydrogen (secondary N) is 1. The van der Waals surface area contributed by atoms with Crippen LogP contribution in [-0.2, 0) is 17.8 Å². The van der Waals surface area contributed by atoms with E-state index in [4.69, 9.17) is 4.74 Å². The maximum Gasteiger partial charge on any atom is 0.251 e. The van der Waals surface area contributed by atoms with Crippen molar-refractivity contribution in [1.82, 2.24) is 19.9 Å². The Morgan fingerprint density at radius 2 is 2.24 bits per heavy atom. The van der Waals surface area contributed by atoms with Gasteiger partial charge in [0, 0.05) is 30.8 Å². The number of aliphatic hydroxyl groups is 1. The molecule has 2 N–H and O–H groups in total. The lowest BCUT2D eigenvalue weighted by Gasteiger charge is -2.28. The van der Waals surface area contributed by atoms with Gasteiger partial charge in [0.1, 0.15) is 11.9 Å². The summed E-state index contributed by atoms with van der Waals surface area (Å²) < 4.78 is 5.07. The van der Waals surface area contributed by atoms with Crippen LogP contribution in [0.15, 0.2) is 18.3 Å². The highest BCUT2D eigenvalue weighted by molar-refractivity contribution is 5.80. The van der Waals surface area contributed by atoms with Gasteiger partial charge in [0.2, 0.25) is 5.88 Å². The maximum atomic E-state index is 12.4. The number of aromatic amines is 1. The van der Waals surface area contributed by atoms with Gasteiger partial charge in [-0.05, 0) is 18.4 Å². The third-order valence-electron chi connectivity index (χ3n) is 4.34. The summed E-state index contributed by atoms with van der Waals surface area (Å²) in [7, 11) is 1.58. The molecule has 0 spiro atoms. The van der Waals surface area contributed by atoms with Crippen molar-refractivity contribution < 1.29 is 14.6 Å². The summed E-state index contributed by atoms with van der Waals surface area (Å²) in [4.78, 5) is 26.2. The number of carbonyl (C=O) groups is 1. The van der Waals surface area contributed by atoms with Crippen LogP contribution in [-0.4, -0.2) is 50.6 Å². The van der Waals surface area contributed by atoms with Crippen LogP contribution in [0.2, 0.25) is 0 Å². The molecule has 0 aliphatic carbocycles. The average Bonchev–Trinajstić information content (AvgIpc) is 3.03. The SMILES string of the molecule is COc1ccc(-c2nc3c([nH]2)CN(C(=O)[C@H](O)CC(C)C)CC3)cn1. The molecule has 3 heterocycles. The molecule has 25 heavy (non-hydrogen) atoms. The number of ether oxygens (including phenoxy) is 1. The fraction of sp³-hybridized carbons (Fsp3) is 0.500. The molecule has 0 unspecified atom stereocenters. The Kier molecular flexibility index (Phi) is 5.03. The number of fused-ring (bicyclic) bond motifs is 1. The zero-order valence-corrected chi connectivity index (χ0v) is 14.8. The molecule has 2 aromatic heterocycles. The van der Waals surface area contributed by atoms with E-state index in [1.54, 1.807) is 24.3 Å². The van der Waals surface area contributed by atoms with Gasteiger partial charge in [-0.1, -0.05) is 13.8 Å². The summed E-state index contributed by atoms with van der Waals surface area (Å²) in [6.45, 7) is 5.01.